The maximum absolute atomic E-state index is 13.1. The molecule has 0 aliphatic carbocycles. The summed E-state index contributed by atoms with van der Waals surface area (Å²) in [6.45, 7) is 2.83. The number of nitrogens with one attached hydrogen (secondary N) is 1. The maximum atomic E-state index is 13.1. The number of aromatic amines is 1. The molecule has 160 valence electrons. The molecule has 3 aromatic rings. The van der Waals surface area contributed by atoms with Gasteiger partial charge in [-0.25, -0.2) is 4.68 Å². The number of rotatable bonds is 4. The Morgan fingerprint density at radius 1 is 0.903 bits per heavy atom. The molecule has 2 heterocycles. The number of methoxy groups -OCH3 is 1. The lowest BCUT2D eigenvalue weighted by atomic mass is 10.1. The van der Waals surface area contributed by atoms with Gasteiger partial charge in [0.05, 0.1) is 12.8 Å². The summed E-state index contributed by atoms with van der Waals surface area (Å²) in [6.07, 6.45) is 0.850. The fraction of sp³-hybridized carbons (Fsp3) is 0.261. The number of anilines is 1. The molecule has 1 aliphatic heterocycles. The van der Waals surface area contributed by atoms with Crippen LogP contribution >= 0.6 is 0 Å². The molecule has 0 unspecified atom stereocenters. The fourth-order valence-corrected chi connectivity index (χ4v) is 3.75. The molecule has 0 spiro atoms. The summed E-state index contributed by atoms with van der Waals surface area (Å²) in [7, 11) is 1.64. The number of nitrogens with zero attached hydrogens (tertiary/aromatic N) is 3. The van der Waals surface area contributed by atoms with Gasteiger partial charge in [0.25, 0.3) is 17.0 Å². The summed E-state index contributed by atoms with van der Waals surface area (Å²) >= 11 is 0. The van der Waals surface area contributed by atoms with Crippen molar-refractivity contribution < 1.29 is 9.53 Å². The number of benzene rings is 2. The first-order chi connectivity index (χ1) is 15.0. The van der Waals surface area contributed by atoms with Gasteiger partial charge in [0.1, 0.15) is 5.75 Å². The number of aromatic nitrogens is 2. The number of H-pyrrole nitrogens is 1. The van der Waals surface area contributed by atoms with Crippen molar-refractivity contribution in [1.29, 1.82) is 0 Å². The molecule has 2 aromatic carbocycles. The van der Waals surface area contributed by atoms with Gasteiger partial charge in [0, 0.05) is 49.6 Å². The lowest BCUT2D eigenvalue weighted by Crippen LogP contribution is -2.35. The van der Waals surface area contributed by atoms with Crippen molar-refractivity contribution in [2.24, 2.45) is 0 Å². The Labute approximate surface area is 179 Å². The summed E-state index contributed by atoms with van der Waals surface area (Å²) in [4.78, 5) is 40.9. The SMILES string of the molecule is COc1ccc(N2CCCN(C(=O)c3cccc(-n4[nH]c(=O)ccc4=O)c3)CC2)cc1. The van der Waals surface area contributed by atoms with Gasteiger partial charge in [0.15, 0.2) is 0 Å². The summed E-state index contributed by atoms with van der Waals surface area (Å²) < 4.78 is 6.37. The number of amides is 1. The van der Waals surface area contributed by atoms with Gasteiger partial charge in [-0.2, -0.15) is 0 Å². The van der Waals surface area contributed by atoms with Crippen LogP contribution in [-0.2, 0) is 0 Å². The van der Waals surface area contributed by atoms with E-state index in [-0.39, 0.29) is 17.0 Å². The molecular formula is C23H24N4O4. The van der Waals surface area contributed by atoms with Crippen LogP contribution in [0.3, 0.4) is 0 Å². The Bertz CT molecular complexity index is 1180. The zero-order chi connectivity index (χ0) is 21.8. The van der Waals surface area contributed by atoms with Gasteiger partial charge < -0.3 is 14.5 Å². The molecule has 8 nitrogen and oxygen atoms in total. The smallest absolute Gasteiger partial charge is 0.269 e. The second kappa shape index (κ2) is 8.91. The van der Waals surface area contributed by atoms with Crippen LogP contribution in [-0.4, -0.2) is 53.9 Å². The average molecular weight is 420 g/mol. The zero-order valence-electron chi connectivity index (χ0n) is 17.3. The van der Waals surface area contributed by atoms with Crippen LogP contribution in [0, 0.1) is 0 Å². The monoisotopic (exact) mass is 420 g/mol. The summed E-state index contributed by atoms with van der Waals surface area (Å²) in [5.41, 5.74) is 1.27. The van der Waals surface area contributed by atoms with Crippen molar-refractivity contribution in [1.82, 2.24) is 14.7 Å². The van der Waals surface area contributed by atoms with Gasteiger partial charge in [-0.1, -0.05) is 6.07 Å². The standard InChI is InChI=1S/C23H24N4O4/c1-31-20-8-6-18(7-9-20)25-12-3-13-26(15-14-25)23(30)17-4-2-5-19(16-17)27-22(29)11-10-21(28)24-27/h2,4-11,16H,3,12-15H2,1H3,(H,24,28). The van der Waals surface area contributed by atoms with Crippen molar-refractivity contribution in [2.75, 3.05) is 38.2 Å². The van der Waals surface area contributed by atoms with Crippen LogP contribution in [0.1, 0.15) is 16.8 Å². The minimum absolute atomic E-state index is 0.0928. The first-order valence-corrected chi connectivity index (χ1v) is 10.2. The minimum atomic E-state index is -0.387. The predicted molar refractivity (Wildman–Crippen MR) is 118 cm³/mol. The normalized spacial score (nSPS) is 14.2. The Morgan fingerprint density at radius 2 is 1.71 bits per heavy atom. The number of hydrogen-bond acceptors (Lipinski definition) is 5. The first-order valence-electron chi connectivity index (χ1n) is 10.2. The molecule has 1 aromatic heterocycles. The molecule has 4 rings (SSSR count). The van der Waals surface area contributed by atoms with Crippen molar-refractivity contribution in [3.63, 3.8) is 0 Å². The van der Waals surface area contributed by atoms with E-state index < -0.39 is 0 Å². The highest BCUT2D eigenvalue weighted by atomic mass is 16.5. The Hall–Kier alpha value is -3.81. The van der Waals surface area contributed by atoms with Crippen LogP contribution in [0.4, 0.5) is 5.69 Å². The fourth-order valence-electron chi connectivity index (χ4n) is 3.75. The van der Waals surface area contributed by atoms with E-state index in [1.165, 1.54) is 12.1 Å². The highest BCUT2D eigenvalue weighted by molar-refractivity contribution is 5.94. The molecule has 0 saturated carbocycles. The van der Waals surface area contributed by atoms with Crippen LogP contribution in [0.5, 0.6) is 5.75 Å². The van der Waals surface area contributed by atoms with E-state index in [4.69, 9.17) is 4.74 Å². The van der Waals surface area contributed by atoms with Crippen LogP contribution in [0.15, 0.2) is 70.3 Å². The molecule has 8 heteroatoms. The molecular weight excluding hydrogens is 396 g/mol. The second-order valence-electron chi connectivity index (χ2n) is 7.36. The van der Waals surface area contributed by atoms with E-state index in [0.717, 1.165) is 35.6 Å². The third kappa shape index (κ3) is 4.53. The summed E-state index contributed by atoms with van der Waals surface area (Å²) in [5.74, 6) is 0.721. The maximum Gasteiger partial charge on any atom is 0.269 e. The van der Waals surface area contributed by atoms with E-state index in [0.29, 0.717) is 24.3 Å². The van der Waals surface area contributed by atoms with Gasteiger partial charge in [0.2, 0.25) is 0 Å². The van der Waals surface area contributed by atoms with E-state index in [9.17, 15) is 14.4 Å². The Balaban J connectivity index is 1.50. The molecule has 1 aliphatic rings. The van der Waals surface area contributed by atoms with E-state index in [1.807, 2.05) is 29.2 Å². The average Bonchev–Trinajstić information content (AvgIpc) is 3.07. The van der Waals surface area contributed by atoms with Gasteiger partial charge in [-0.05, 0) is 48.9 Å². The highest BCUT2D eigenvalue weighted by Crippen LogP contribution is 2.21. The number of hydrogen-bond donors (Lipinski definition) is 1. The molecule has 1 saturated heterocycles. The van der Waals surface area contributed by atoms with Gasteiger partial charge >= 0.3 is 0 Å². The lowest BCUT2D eigenvalue weighted by Gasteiger charge is -2.24. The molecule has 31 heavy (non-hydrogen) atoms. The van der Waals surface area contributed by atoms with Gasteiger partial charge in [-0.3, -0.25) is 19.5 Å². The number of carbonyl (C=O) groups excluding carboxylic acids is 1. The predicted octanol–water partition coefficient (Wildman–Crippen LogP) is 1.89. The van der Waals surface area contributed by atoms with Crippen LogP contribution < -0.4 is 20.8 Å². The lowest BCUT2D eigenvalue weighted by molar-refractivity contribution is 0.0767. The molecule has 0 atom stereocenters. The third-order valence-corrected chi connectivity index (χ3v) is 5.39. The third-order valence-electron chi connectivity index (χ3n) is 5.39. The largest absolute Gasteiger partial charge is 0.497 e. The van der Waals surface area contributed by atoms with Crippen molar-refractivity contribution >= 4 is 11.6 Å². The number of ether oxygens (including phenoxy) is 1. The van der Waals surface area contributed by atoms with Crippen LogP contribution in [0.25, 0.3) is 5.69 Å². The van der Waals surface area contributed by atoms with E-state index in [1.54, 1.807) is 31.4 Å². The zero-order valence-corrected chi connectivity index (χ0v) is 17.3. The summed E-state index contributed by atoms with van der Waals surface area (Å²) in [6, 6.07) is 17.1. The first kappa shape index (κ1) is 20.5. The summed E-state index contributed by atoms with van der Waals surface area (Å²) in [5, 5.41) is 2.49. The van der Waals surface area contributed by atoms with E-state index >= 15 is 0 Å². The highest BCUT2D eigenvalue weighted by Gasteiger charge is 2.21. The quantitative estimate of drug-likeness (QED) is 0.697. The molecule has 0 radical (unpaired) electrons. The molecule has 1 amide bonds. The topological polar surface area (TPSA) is 87.6 Å². The second-order valence-corrected chi connectivity index (χ2v) is 7.36. The molecule has 1 N–H and O–H groups in total. The van der Waals surface area contributed by atoms with Crippen LogP contribution in [0.2, 0.25) is 0 Å². The number of carbonyl (C=O) groups is 1. The van der Waals surface area contributed by atoms with Crippen molar-refractivity contribution in [3.8, 4) is 11.4 Å². The van der Waals surface area contributed by atoms with Crippen molar-refractivity contribution in [2.45, 2.75) is 6.42 Å². The minimum Gasteiger partial charge on any atom is -0.497 e. The van der Waals surface area contributed by atoms with Gasteiger partial charge in [-0.15, -0.1) is 0 Å². The van der Waals surface area contributed by atoms with Crippen molar-refractivity contribution in [3.05, 3.63) is 86.9 Å². The molecule has 0 bridgehead atoms. The Kier molecular flexibility index (Phi) is 5.88. The Morgan fingerprint density at radius 3 is 2.48 bits per heavy atom. The molecule has 1 fully saturated rings. The van der Waals surface area contributed by atoms with E-state index in [2.05, 4.69) is 10.00 Å².